The molecule has 7 rings (SSSR count). The van der Waals surface area contributed by atoms with Crippen LogP contribution in [0.15, 0.2) is 70.1 Å². The number of benzene rings is 4. The Balaban J connectivity index is 1.60. The minimum Gasteiger partial charge on any atom is -0.455 e. The summed E-state index contributed by atoms with van der Waals surface area (Å²) in [5, 5.41) is 1.76. The summed E-state index contributed by atoms with van der Waals surface area (Å²) in [5.41, 5.74) is 11.0. The second-order valence-corrected chi connectivity index (χ2v) is 19.2. The van der Waals surface area contributed by atoms with E-state index < -0.39 is 19.6 Å². The Bertz CT molecular complexity index is 2290. The average Bonchev–Trinajstić information content (AvgIpc) is 3.61. The van der Waals surface area contributed by atoms with Crippen LogP contribution in [0.4, 0.5) is 18.9 Å². The molecule has 0 amide bonds. The fourth-order valence-electron chi connectivity index (χ4n) is 7.65. The lowest BCUT2D eigenvalue weighted by Crippen LogP contribution is -2.52. The molecule has 0 aliphatic carbocycles. The van der Waals surface area contributed by atoms with Crippen molar-refractivity contribution in [1.29, 1.82) is 0 Å². The van der Waals surface area contributed by atoms with E-state index in [-0.39, 0.29) is 11.8 Å². The fraction of sp³-hybridized carbons (Fsp3) is 0.350. The van der Waals surface area contributed by atoms with Gasteiger partial charge in [0, 0.05) is 28.0 Å². The zero-order valence-electron chi connectivity index (χ0n) is 29.4. The minimum atomic E-state index is -4.46. The molecule has 4 aromatic carbocycles. The number of imidazole rings is 1. The molecule has 0 saturated carbocycles. The van der Waals surface area contributed by atoms with Gasteiger partial charge < -0.3 is 4.42 Å². The highest BCUT2D eigenvalue weighted by Crippen LogP contribution is 2.44. The number of aliphatic imine (C=N–C) groups is 1. The molecular weight excluding hydrogens is 624 g/mol. The molecule has 0 bridgehead atoms. The molecule has 248 valence electrons. The SMILES string of the molecule is Cc1ccc2c(oc3cc4c(cc32)[Si](C)(C)C(C(F)(F)F)=N4)c1-c1n(-c2c(C(C)C)cc(C(C)C)cc2C(C)C)c2ccccc2[n+]1C. The third kappa shape index (κ3) is 4.70. The maximum Gasteiger partial charge on any atom is 0.425 e. The lowest BCUT2D eigenvalue weighted by atomic mass is 9.87. The summed E-state index contributed by atoms with van der Waals surface area (Å²) in [6.45, 7) is 19.1. The zero-order chi connectivity index (χ0) is 34.6. The molecule has 6 aromatic rings. The monoisotopic (exact) mass is 666 g/mol. The first kappa shape index (κ1) is 32.4. The maximum absolute atomic E-state index is 14.0. The molecule has 0 spiro atoms. The van der Waals surface area contributed by atoms with Crippen molar-refractivity contribution in [2.45, 2.75) is 85.5 Å². The van der Waals surface area contributed by atoms with Gasteiger partial charge in [-0.3, -0.25) is 4.99 Å². The molecular formula is C40H43F3N3OSi+. The van der Waals surface area contributed by atoms with E-state index in [4.69, 9.17) is 4.42 Å². The van der Waals surface area contributed by atoms with Crippen LogP contribution in [0, 0.1) is 6.92 Å². The zero-order valence-corrected chi connectivity index (χ0v) is 30.4. The van der Waals surface area contributed by atoms with E-state index in [9.17, 15) is 13.2 Å². The number of aromatic nitrogens is 2. The van der Waals surface area contributed by atoms with Gasteiger partial charge in [-0.2, -0.15) is 17.7 Å². The number of nitrogens with zero attached hydrogens (tertiary/aromatic N) is 3. The van der Waals surface area contributed by atoms with E-state index in [2.05, 4.69) is 112 Å². The quantitative estimate of drug-likeness (QED) is 0.133. The number of alkyl halides is 3. The number of rotatable bonds is 5. The molecule has 0 unspecified atom stereocenters. The summed E-state index contributed by atoms with van der Waals surface area (Å²) in [6, 6.07) is 21.0. The van der Waals surface area contributed by atoms with E-state index in [0.29, 0.717) is 22.4 Å². The first-order chi connectivity index (χ1) is 22.5. The van der Waals surface area contributed by atoms with Crippen LogP contribution in [0.2, 0.25) is 13.1 Å². The van der Waals surface area contributed by atoms with Gasteiger partial charge in [0.1, 0.15) is 30.2 Å². The van der Waals surface area contributed by atoms with Crippen molar-refractivity contribution in [2.75, 3.05) is 0 Å². The van der Waals surface area contributed by atoms with Crippen LogP contribution < -0.4 is 9.75 Å². The Hall–Kier alpha value is -4.17. The molecule has 4 nitrogen and oxygen atoms in total. The third-order valence-corrected chi connectivity index (χ3v) is 13.6. The van der Waals surface area contributed by atoms with Gasteiger partial charge in [0.05, 0.1) is 12.7 Å². The number of fused-ring (bicyclic) bond motifs is 5. The predicted molar refractivity (Wildman–Crippen MR) is 194 cm³/mol. The number of hydrogen-bond acceptors (Lipinski definition) is 2. The molecule has 1 aliphatic heterocycles. The molecule has 3 heterocycles. The first-order valence-corrected chi connectivity index (χ1v) is 19.9. The summed E-state index contributed by atoms with van der Waals surface area (Å²) < 4.78 is 53.5. The average molecular weight is 667 g/mol. The second kappa shape index (κ2) is 10.9. The van der Waals surface area contributed by atoms with Gasteiger partial charge in [0.25, 0.3) is 5.82 Å². The standard InChI is InChI=1S/C40H43F3N3OSi/c1-21(2)25-17-27(22(3)4)36(28(18-25)23(5)6)46-32-14-12-11-13-31(32)45(8)38(46)35-24(7)15-16-26-29-19-34-30(20-33(29)47-37(26)35)44-39(40(41,42)43)48(34,9)10/h11-23H,1-10H3/q+1. The van der Waals surface area contributed by atoms with Crippen molar-refractivity contribution < 1.29 is 22.2 Å². The van der Waals surface area contributed by atoms with Gasteiger partial charge >= 0.3 is 6.18 Å². The highest BCUT2D eigenvalue weighted by molar-refractivity contribution is 7.16. The van der Waals surface area contributed by atoms with Crippen LogP contribution in [0.25, 0.3) is 50.0 Å². The highest BCUT2D eigenvalue weighted by atomic mass is 28.3. The van der Waals surface area contributed by atoms with Gasteiger partial charge in [-0.25, -0.2) is 4.57 Å². The topological polar surface area (TPSA) is 34.3 Å². The van der Waals surface area contributed by atoms with E-state index in [1.54, 1.807) is 19.2 Å². The molecule has 48 heavy (non-hydrogen) atoms. The van der Waals surface area contributed by atoms with E-state index in [0.717, 1.165) is 44.3 Å². The van der Waals surface area contributed by atoms with E-state index >= 15 is 0 Å². The van der Waals surface area contributed by atoms with Crippen LogP contribution >= 0.6 is 0 Å². The Morgan fingerprint density at radius 2 is 1.48 bits per heavy atom. The summed E-state index contributed by atoms with van der Waals surface area (Å²) in [7, 11) is -0.939. The number of furan rings is 1. The summed E-state index contributed by atoms with van der Waals surface area (Å²) >= 11 is 0. The molecule has 0 saturated heterocycles. The van der Waals surface area contributed by atoms with Crippen LogP contribution in [-0.4, -0.2) is 24.2 Å². The van der Waals surface area contributed by atoms with Crippen LogP contribution in [0.5, 0.6) is 0 Å². The molecule has 0 fully saturated rings. The molecule has 8 heteroatoms. The lowest BCUT2D eigenvalue weighted by molar-refractivity contribution is -0.633. The lowest BCUT2D eigenvalue weighted by Gasteiger charge is -2.21. The Kier molecular flexibility index (Phi) is 7.37. The maximum atomic E-state index is 14.0. The number of aryl methyl sites for hydroxylation is 2. The van der Waals surface area contributed by atoms with E-state index in [1.807, 2.05) is 12.1 Å². The van der Waals surface area contributed by atoms with Gasteiger partial charge in [0.15, 0.2) is 16.6 Å². The predicted octanol–water partition coefficient (Wildman–Crippen LogP) is 10.8. The summed E-state index contributed by atoms with van der Waals surface area (Å²) in [6.07, 6.45) is -4.46. The first-order valence-electron chi connectivity index (χ1n) is 16.9. The van der Waals surface area contributed by atoms with Crippen molar-refractivity contribution in [3.05, 3.63) is 82.9 Å². The molecule has 1 aliphatic rings. The highest BCUT2D eigenvalue weighted by Gasteiger charge is 2.51. The van der Waals surface area contributed by atoms with Gasteiger partial charge in [-0.05, 0) is 59.2 Å². The molecule has 0 atom stereocenters. The number of hydrogen-bond donors (Lipinski definition) is 0. The van der Waals surface area contributed by atoms with Crippen molar-refractivity contribution >= 4 is 57.3 Å². The third-order valence-electron chi connectivity index (χ3n) is 10.3. The van der Waals surface area contributed by atoms with Gasteiger partial charge in [-0.15, -0.1) is 0 Å². The van der Waals surface area contributed by atoms with Crippen molar-refractivity contribution in [3.63, 3.8) is 0 Å². The van der Waals surface area contributed by atoms with E-state index in [1.165, 1.54) is 22.4 Å². The van der Waals surface area contributed by atoms with Gasteiger partial charge in [-0.1, -0.05) is 91.0 Å². The largest absolute Gasteiger partial charge is 0.455 e. The fourth-order valence-corrected chi connectivity index (χ4v) is 10.3. The normalized spacial score (nSPS) is 14.8. The summed E-state index contributed by atoms with van der Waals surface area (Å²) in [5.74, 6) is 1.94. The van der Waals surface area contributed by atoms with Gasteiger partial charge in [0.2, 0.25) is 0 Å². The van der Waals surface area contributed by atoms with Crippen molar-refractivity contribution in [1.82, 2.24) is 4.57 Å². The molecule has 2 aromatic heterocycles. The Morgan fingerprint density at radius 1 is 0.833 bits per heavy atom. The second-order valence-electron chi connectivity index (χ2n) is 14.9. The Labute approximate surface area is 280 Å². The van der Waals surface area contributed by atoms with Crippen molar-refractivity contribution in [2.24, 2.45) is 12.0 Å². The smallest absolute Gasteiger partial charge is 0.425 e. The number of para-hydroxylation sites is 2. The number of halogens is 3. The van der Waals surface area contributed by atoms with Crippen molar-refractivity contribution in [3.8, 4) is 17.1 Å². The van der Waals surface area contributed by atoms with Crippen LogP contribution in [0.1, 0.15) is 81.5 Å². The molecule has 0 N–H and O–H groups in total. The minimum absolute atomic E-state index is 0.274. The van der Waals surface area contributed by atoms with Crippen LogP contribution in [-0.2, 0) is 7.05 Å². The molecule has 0 radical (unpaired) electrons. The van der Waals surface area contributed by atoms with Crippen LogP contribution in [0.3, 0.4) is 0 Å². The Morgan fingerprint density at radius 3 is 2.08 bits per heavy atom. The summed E-state index contributed by atoms with van der Waals surface area (Å²) in [4.78, 5) is 4.15.